The second-order valence-corrected chi connectivity index (χ2v) is 11.4. The van der Waals surface area contributed by atoms with E-state index in [0.717, 1.165) is 0 Å². The number of carbonyl (C=O) groups is 6. The fraction of sp³-hybridized carbons (Fsp3) is 0.552. The minimum absolute atomic E-state index is 0.0208. The van der Waals surface area contributed by atoms with Crippen LogP contribution in [0.3, 0.4) is 0 Å². The van der Waals surface area contributed by atoms with Crippen molar-refractivity contribution in [2.45, 2.75) is 82.6 Å². The summed E-state index contributed by atoms with van der Waals surface area (Å²) in [4.78, 5) is 81.6. The second kappa shape index (κ2) is 17.5. The molecular formula is C29H44N8O9. The highest BCUT2D eigenvalue weighted by Gasteiger charge is 2.38. The average molecular weight is 650 g/mol. The van der Waals surface area contributed by atoms with Crippen LogP contribution in [0.4, 0.5) is 0 Å². The molecule has 4 amide bonds. The van der Waals surface area contributed by atoms with Crippen molar-refractivity contribution in [3.63, 3.8) is 0 Å². The number of carboxylic acids is 2. The van der Waals surface area contributed by atoms with Gasteiger partial charge in [-0.25, -0.2) is 4.79 Å². The van der Waals surface area contributed by atoms with E-state index in [2.05, 4.69) is 26.7 Å². The SMILES string of the molecule is [2H]N[C@@H](CCCN=C(N)N)C(=O)N1CCC[C@H]1C(=O)N[C@@H](CC(=O)O)C(=O)N[C@H](C(=O)N[C@@H](Cc1ccc(O)cc1)C(=O)O)C(C)C. The molecule has 254 valence electrons. The maximum Gasteiger partial charge on any atom is 0.326 e. The Bertz CT molecular complexity index is 1310. The Hall–Kier alpha value is -4.93. The predicted octanol–water partition coefficient (Wildman–Crippen LogP) is -2.02. The summed E-state index contributed by atoms with van der Waals surface area (Å²) in [7, 11) is 0. The molecule has 17 nitrogen and oxygen atoms in total. The Labute approximate surface area is 267 Å². The summed E-state index contributed by atoms with van der Waals surface area (Å²) in [5.41, 5.74) is 13.3. The number of nitrogens with zero attached hydrogens (tertiary/aromatic N) is 2. The minimum Gasteiger partial charge on any atom is -0.508 e. The topological polar surface area (TPSA) is 293 Å². The molecule has 17 heteroatoms. The first-order valence-corrected chi connectivity index (χ1v) is 14.8. The Kier molecular flexibility index (Phi) is 13.5. The molecule has 1 fully saturated rings. The van der Waals surface area contributed by atoms with Crippen molar-refractivity contribution in [3.8, 4) is 5.75 Å². The van der Waals surface area contributed by atoms with Crippen LogP contribution >= 0.6 is 0 Å². The Morgan fingerprint density at radius 1 is 1.02 bits per heavy atom. The van der Waals surface area contributed by atoms with Crippen molar-refractivity contribution in [1.29, 1.82) is 0 Å². The number of hydrogen-bond donors (Lipinski definition) is 9. The first-order valence-electron chi connectivity index (χ1n) is 15.3. The number of benzene rings is 1. The summed E-state index contributed by atoms with van der Waals surface area (Å²) in [6.45, 7) is 3.60. The number of aliphatic carboxylic acids is 2. The monoisotopic (exact) mass is 649 g/mol. The predicted molar refractivity (Wildman–Crippen MR) is 165 cm³/mol. The van der Waals surface area contributed by atoms with Gasteiger partial charge in [0, 0.05) is 19.5 Å². The van der Waals surface area contributed by atoms with Crippen molar-refractivity contribution in [2.24, 2.45) is 28.1 Å². The zero-order chi connectivity index (χ0) is 35.3. The van der Waals surface area contributed by atoms with Gasteiger partial charge in [0.15, 0.2) is 5.96 Å². The van der Waals surface area contributed by atoms with Crippen LogP contribution in [0.2, 0.25) is 1.41 Å². The molecule has 1 aliphatic rings. The standard InChI is InChI=1S/C29H44N8O9/c1-15(2)23(26(43)35-20(28(45)46)13-16-7-9-17(38)10-8-16)36-24(41)19(14-22(39)40)34-25(42)21-6-4-12-37(21)27(44)18(30)5-3-11-33-29(31)32/h7-10,15,18-21,23,38H,3-6,11-14,30H2,1-2H3,(H,34,42)(H,35,43)(H,36,41)(H,39,40)(H,45,46)(H4,31,32,33)/t18-,19-,20-,21-,23-/m0/s1/i/hD. The molecule has 0 radical (unpaired) electrons. The lowest BCUT2D eigenvalue weighted by Gasteiger charge is -2.29. The molecule has 1 aromatic carbocycles. The third-order valence-electron chi connectivity index (χ3n) is 7.33. The third kappa shape index (κ3) is 11.5. The van der Waals surface area contributed by atoms with Crippen molar-refractivity contribution < 1.29 is 45.5 Å². The van der Waals surface area contributed by atoms with Gasteiger partial charge in [0.1, 0.15) is 31.3 Å². The summed E-state index contributed by atoms with van der Waals surface area (Å²) in [5.74, 6) is -6.63. The average Bonchev–Trinajstić information content (AvgIpc) is 3.49. The largest absolute Gasteiger partial charge is 0.508 e. The number of carboxylic acid groups (broad SMARTS) is 2. The second-order valence-electron chi connectivity index (χ2n) is 11.4. The zero-order valence-electron chi connectivity index (χ0n) is 26.8. The van der Waals surface area contributed by atoms with Gasteiger partial charge in [-0.3, -0.25) is 29.0 Å². The maximum absolute atomic E-state index is 13.3. The van der Waals surface area contributed by atoms with E-state index in [9.17, 15) is 44.1 Å². The highest BCUT2D eigenvalue weighted by atomic mass is 16.4. The van der Waals surface area contributed by atoms with Crippen LogP contribution in [0.25, 0.3) is 0 Å². The number of hydrogen-bond acceptors (Lipinski definition) is 9. The maximum atomic E-state index is 13.3. The zero-order valence-corrected chi connectivity index (χ0v) is 25.8. The number of aromatic hydroxyl groups is 1. The number of aliphatic imine (C=N–C) groups is 1. The number of rotatable bonds is 18. The lowest BCUT2D eigenvalue weighted by Crippen LogP contribution is -2.59. The summed E-state index contributed by atoms with van der Waals surface area (Å²) in [5, 5.41) is 35.8. The van der Waals surface area contributed by atoms with Gasteiger partial charge >= 0.3 is 11.9 Å². The van der Waals surface area contributed by atoms with E-state index in [1.165, 1.54) is 29.2 Å². The van der Waals surface area contributed by atoms with E-state index >= 15 is 0 Å². The van der Waals surface area contributed by atoms with Crippen LogP contribution in [0.1, 0.15) is 51.5 Å². The van der Waals surface area contributed by atoms with Crippen molar-refractivity contribution >= 4 is 41.5 Å². The first kappa shape index (κ1) is 35.5. The van der Waals surface area contributed by atoms with E-state index in [0.29, 0.717) is 18.4 Å². The summed E-state index contributed by atoms with van der Waals surface area (Å²) < 4.78 is 7.58. The molecule has 0 spiro atoms. The summed E-state index contributed by atoms with van der Waals surface area (Å²) >= 11 is 0. The molecule has 0 unspecified atom stereocenters. The number of likely N-dealkylation sites (tertiary alicyclic amines) is 1. The molecule has 0 aliphatic carbocycles. The van der Waals surface area contributed by atoms with E-state index in [4.69, 9.17) is 12.9 Å². The molecule has 2 rings (SSSR count). The minimum atomic E-state index is -1.64. The molecule has 1 aromatic rings. The number of phenols is 1. The normalized spacial score (nSPS) is 17.2. The smallest absolute Gasteiger partial charge is 0.326 e. The number of nitrogens with two attached hydrogens (primary N) is 3. The Balaban J connectivity index is 2.13. The molecule has 0 saturated carbocycles. The van der Waals surface area contributed by atoms with Gasteiger partial charge in [0.25, 0.3) is 0 Å². The van der Waals surface area contributed by atoms with Gasteiger partial charge in [-0.15, -0.1) is 0 Å². The quantitative estimate of drug-likeness (QED) is 0.0473. The van der Waals surface area contributed by atoms with Gasteiger partial charge < -0.3 is 53.4 Å². The van der Waals surface area contributed by atoms with E-state index in [1.807, 2.05) is 0 Å². The molecular weight excluding hydrogens is 604 g/mol. The van der Waals surface area contributed by atoms with Crippen LogP contribution in [0.5, 0.6) is 5.75 Å². The molecule has 12 N–H and O–H groups in total. The van der Waals surface area contributed by atoms with E-state index in [1.54, 1.807) is 13.8 Å². The molecule has 1 saturated heterocycles. The Morgan fingerprint density at radius 3 is 2.26 bits per heavy atom. The lowest BCUT2D eigenvalue weighted by atomic mass is 10.0. The third-order valence-corrected chi connectivity index (χ3v) is 7.33. The fourth-order valence-corrected chi connectivity index (χ4v) is 4.90. The lowest BCUT2D eigenvalue weighted by molar-refractivity contribution is -0.144. The van der Waals surface area contributed by atoms with E-state index < -0.39 is 78.1 Å². The number of guanidine groups is 1. The molecule has 5 atom stereocenters. The van der Waals surface area contributed by atoms with Crippen LogP contribution in [0.15, 0.2) is 29.3 Å². The fourth-order valence-electron chi connectivity index (χ4n) is 4.90. The first-order chi connectivity index (χ1) is 22.1. The van der Waals surface area contributed by atoms with Gasteiger partial charge in [-0.1, -0.05) is 26.0 Å². The van der Waals surface area contributed by atoms with E-state index in [-0.39, 0.29) is 44.1 Å². The van der Waals surface area contributed by atoms with Gasteiger partial charge in [0.05, 0.1) is 12.5 Å². The highest BCUT2D eigenvalue weighted by Crippen LogP contribution is 2.20. The molecule has 1 heterocycles. The molecule has 0 aromatic heterocycles. The van der Waals surface area contributed by atoms with Crippen LogP contribution in [-0.4, -0.2) is 105 Å². The van der Waals surface area contributed by atoms with Crippen molar-refractivity contribution in [1.82, 2.24) is 20.9 Å². The Morgan fingerprint density at radius 2 is 1.70 bits per heavy atom. The van der Waals surface area contributed by atoms with Gasteiger partial charge in [-0.05, 0) is 49.3 Å². The summed E-state index contributed by atoms with van der Waals surface area (Å²) in [6.07, 6.45) is 0.284. The molecule has 0 bridgehead atoms. The van der Waals surface area contributed by atoms with Gasteiger partial charge in [0.2, 0.25) is 23.6 Å². The summed E-state index contributed by atoms with van der Waals surface area (Å²) in [6, 6.07) is -0.608. The van der Waals surface area contributed by atoms with Crippen molar-refractivity contribution in [2.75, 3.05) is 13.1 Å². The molecule has 46 heavy (non-hydrogen) atoms. The van der Waals surface area contributed by atoms with Crippen LogP contribution < -0.4 is 33.1 Å². The number of phenolic OH excluding ortho intramolecular Hbond substituents is 1. The molecule has 1 aliphatic heterocycles. The van der Waals surface area contributed by atoms with Crippen LogP contribution in [-0.2, 0) is 35.2 Å². The van der Waals surface area contributed by atoms with Crippen molar-refractivity contribution in [3.05, 3.63) is 29.8 Å². The van der Waals surface area contributed by atoms with Crippen LogP contribution in [0, 0.1) is 5.92 Å². The number of nitrogens with one attached hydrogen (secondary N) is 3. The van der Waals surface area contributed by atoms with Gasteiger partial charge in [-0.2, -0.15) is 0 Å². The number of carbonyl (C=O) groups excluding carboxylic acids is 4. The number of amides is 4. The highest BCUT2D eigenvalue weighted by molar-refractivity contribution is 5.97.